The molecule has 1 aliphatic carbocycles. The largest absolute Gasteiger partial charge is 0.433 e. The molecule has 0 aliphatic heterocycles. The molecule has 0 atom stereocenters. The summed E-state index contributed by atoms with van der Waals surface area (Å²) in [6, 6.07) is 12.5. The number of carbonyl (C=O) groups is 2. The van der Waals surface area contributed by atoms with Crippen LogP contribution in [0.15, 0.2) is 53.0 Å². The van der Waals surface area contributed by atoms with Gasteiger partial charge in [-0.3, -0.25) is 14.3 Å². The Labute approximate surface area is 248 Å². The molecule has 2 aromatic carbocycles. The molecule has 4 aromatic rings. The smallest absolute Gasteiger partial charge is 0.393 e. The normalized spacial score (nSPS) is 17.3. The zero-order valence-corrected chi connectivity index (χ0v) is 24.5. The van der Waals surface area contributed by atoms with E-state index in [1.807, 2.05) is 12.1 Å². The first-order chi connectivity index (χ1) is 19.9. The van der Waals surface area contributed by atoms with Crippen molar-refractivity contribution in [3.05, 3.63) is 86.8 Å². The fourth-order valence-electron chi connectivity index (χ4n) is 5.17. The molecule has 5 rings (SSSR count). The van der Waals surface area contributed by atoms with Gasteiger partial charge in [-0.2, -0.15) is 18.3 Å². The highest BCUT2D eigenvalue weighted by atomic mass is 79.9. The second kappa shape index (κ2) is 11.8. The number of aliphatic hydroxyl groups excluding tert-OH is 1. The third kappa shape index (κ3) is 6.49. The topological polar surface area (TPSA) is 109 Å². The van der Waals surface area contributed by atoms with Gasteiger partial charge in [-0.05, 0) is 81.5 Å². The Bertz CT molecular complexity index is 1640. The summed E-state index contributed by atoms with van der Waals surface area (Å²) in [5.74, 6) is -0.872. The fraction of sp³-hybridized carbons (Fsp3) is 0.333. The van der Waals surface area contributed by atoms with E-state index in [2.05, 4.69) is 36.6 Å². The lowest BCUT2D eigenvalue weighted by atomic mass is 9.93. The standard InChI is InChI=1S/C30H29BrF3N5O3/c1-16-27(37-29(42)24-14-26(30(32,33)34)36-25-12-7-20(31)13-23(24)25)17(2)39(38-16)15-18-3-5-19(6-4-18)28(41)35-21-8-10-22(40)11-9-21/h3-7,12-14,21-22,40H,8-11,15H2,1-2H3,(H,35,41)(H,37,42)/t21-,22-. The summed E-state index contributed by atoms with van der Waals surface area (Å²) in [6.45, 7) is 3.83. The fourth-order valence-corrected chi connectivity index (χ4v) is 5.53. The highest BCUT2D eigenvalue weighted by molar-refractivity contribution is 9.10. The summed E-state index contributed by atoms with van der Waals surface area (Å²) < 4.78 is 42.9. The van der Waals surface area contributed by atoms with Crippen LogP contribution in [0.3, 0.4) is 0 Å². The molecule has 1 aliphatic rings. The lowest BCUT2D eigenvalue weighted by Gasteiger charge is -2.26. The number of rotatable bonds is 6. The minimum atomic E-state index is -4.72. The van der Waals surface area contributed by atoms with Gasteiger partial charge in [-0.1, -0.05) is 28.1 Å². The average Bonchev–Trinajstić information content (AvgIpc) is 3.20. The van der Waals surface area contributed by atoms with Gasteiger partial charge in [0, 0.05) is 21.5 Å². The van der Waals surface area contributed by atoms with Crippen LogP contribution in [-0.4, -0.2) is 43.8 Å². The molecule has 1 fully saturated rings. The molecule has 12 heteroatoms. The van der Waals surface area contributed by atoms with Crippen LogP contribution in [0.1, 0.15) is 69.0 Å². The van der Waals surface area contributed by atoms with E-state index in [1.54, 1.807) is 42.8 Å². The van der Waals surface area contributed by atoms with Gasteiger partial charge in [0.1, 0.15) is 5.69 Å². The van der Waals surface area contributed by atoms with Crippen LogP contribution < -0.4 is 10.6 Å². The van der Waals surface area contributed by atoms with Crippen LogP contribution in [0, 0.1) is 13.8 Å². The summed E-state index contributed by atoms with van der Waals surface area (Å²) in [6.07, 6.45) is -2.15. The second-order valence-electron chi connectivity index (χ2n) is 10.5. The lowest BCUT2D eigenvalue weighted by molar-refractivity contribution is -0.141. The van der Waals surface area contributed by atoms with Crippen LogP contribution >= 0.6 is 15.9 Å². The summed E-state index contributed by atoms with van der Waals surface area (Å²) in [5, 5.41) is 20.3. The van der Waals surface area contributed by atoms with Crippen LogP contribution in [0.4, 0.5) is 18.9 Å². The molecular formula is C30H29BrF3N5O3. The number of aliphatic hydroxyl groups is 1. The Morgan fingerprint density at radius 3 is 2.38 bits per heavy atom. The van der Waals surface area contributed by atoms with E-state index in [4.69, 9.17) is 0 Å². The van der Waals surface area contributed by atoms with Gasteiger partial charge in [0.05, 0.1) is 40.8 Å². The molecule has 2 amide bonds. The lowest BCUT2D eigenvalue weighted by Crippen LogP contribution is -2.38. The van der Waals surface area contributed by atoms with Crippen molar-refractivity contribution >= 4 is 44.3 Å². The summed E-state index contributed by atoms with van der Waals surface area (Å²) in [5.41, 5.74) is 1.68. The predicted molar refractivity (Wildman–Crippen MR) is 155 cm³/mol. The van der Waals surface area contributed by atoms with Crippen molar-refractivity contribution < 1.29 is 27.9 Å². The molecule has 2 heterocycles. The highest BCUT2D eigenvalue weighted by Gasteiger charge is 2.34. The molecular weight excluding hydrogens is 615 g/mol. The van der Waals surface area contributed by atoms with Crippen molar-refractivity contribution in [2.75, 3.05) is 5.32 Å². The second-order valence-corrected chi connectivity index (χ2v) is 11.5. The molecule has 2 aromatic heterocycles. The molecule has 220 valence electrons. The zero-order valence-electron chi connectivity index (χ0n) is 22.9. The van der Waals surface area contributed by atoms with Gasteiger partial charge >= 0.3 is 6.18 Å². The Balaban J connectivity index is 1.32. The number of benzene rings is 2. The number of aryl methyl sites for hydroxylation is 1. The molecule has 0 radical (unpaired) electrons. The Morgan fingerprint density at radius 1 is 1.02 bits per heavy atom. The Morgan fingerprint density at radius 2 is 1.71 bits per heavy atom. The van der Waals surface area contributed by atoms with E-state index in [0.29, 0.717) is 46.5 Å². The van der Waals surface area contributed by atoms with E-state index < -0.39 is 17.8 Å². The molecule has 0 spiro atoms. The molecule has 0 bridgehead atoms. The number of fused-ring (bicyclic) bond motifs is 1. The molecule has 0 unspecified atom stereocenters. The number of nitrogens with zero attached hydrogens (tertiary/aromatic N) is 3. The van der Waals surface area contributed by atoms with Gasteiger partial charge in [-0.25, -0.2) is 4.98 Å². The third-order valence-corrected chi connectivity index (χ3v) is 8.00. The third-order valence-electron chi connectivity index (χ3n) is 7.51. The summed E-state index contributed by atoms with van der Waals surface area (Å²) >= 11 is 3.31. The Kier molecular flexibility index (Phi) is 8.38. The number of amides is 2. The monoisotopic (exact) mass is 643 g/mol. The number of hydrogen-bond donors (Lipinski definition) is 3. The maximum Gasteiger partial charge on any atom is 0.433 e. The van der Waals surface area contributed by atoms with Gasteiger partial charge in [0.25, 0.3) is 11.8 Å². The van der Waals surface area contributed by atoms with E-state index >= 15 is 0 Å². The van der Waals surface area contributed by atoms with Crippen molar-refractivity contribution in [2.24, 2.45) is 0 Å². The van der Waals surface area contributed by atoms with E-state index in [9.17, 15) is 27.9 Å². The van der Waals surface area contributed by atoms with Crippen molar-refractivity contribution in [2.45, 2.75) is 64.4 Å². The molecule has 1 saturated carbocycles. The van der Waals surface area contributed by atoms with Gasteiger partial charge in [-0.15, -0.1) is 0 Å². The van der Waals surface area contributed by atoms with Crippen molar-refractivity contribution in [3.63, 3.8) is 0 Å². The van der Waals surface area contributed by atoms with Crippen LogP contribution in [-0.2, 0) is 12.7 Å². The van der Waals surface area contributed by atoms with E-state index in [0.717, 1.165) is 24.5 Å². The quantitative estimate of drug-likeness (QED) is 0.233. The Hall–Kier alpha value is -3.77. The highest BCUT2D eigenvalue weighted by Crippen LogP contribution is 2.33. The van der Waals surface area contributed by atoms with Crippen molar-refractivity contribution in [1.29, 1.82) is 0 Å². The SMILES string of the molecule is Cc1nn(Cc2ccc(C(=O)N[C@H]3CC[C@H](O)CC3)cc2)c(C)c1NC(=O)c1cc(C(F)(F)F)nc2ccc(Br)cc12. The summed E-state index contributed by atoms with van der Waals surface area (Å²) in [4.78, 5) is 29.7. The number of aromatic nitrogens is 3. The molecule has 0 saturated heterocycles. The van der Waals surface area contributed by atoms with Crippen molar-refractivity contribution in [1.82, 2.24) is 20.1 Å². The molecule has 8 nitrogen and oxygen atoms in total. The number of halogens is 4. The predicted octanol–water partition coefficient (Wildman–Crippen LogP) is 6.16. The van der Waals surface area contributed by atoms with Gasteiger partial charge in [0.2, 0.25) is 0 Å². The van der Waals surface area contributed by atoms with Crippen LogP contribution in [0.2, 0.25) is 0 Å². The van der Waals surface area contributed by atoms with E-state index in [-0.39, 0.29) is 34.5 Å². The minimum absolute atomic E-state index is 0.0515. The average molecular weight is 644 g/mol. The van der Waals surface area contributed by atoms with Gasteiger partial charge in [0.15, 0.2) is 0 Å². The maximum absolute atomic E-state index is 13.5. The maximum atomic E-state index is 13.5. The summed E-state index contributed by atoms with van der Waals surface area (Å²) in [7, 11) is 0. The number of anilines is 1. The number of pyridine rings is 1. The van der Waals surface area contributed by atoms with Crippen LogP contribution in [0.25, 0.3) is 10.9 Å². The number of alkyl halides is 3. The van der Waals surface area contributed by atoms with Crippen LogP contribution in [0.5, 0.6) is 0 Å². The first-order valence-corrected chi connectivity index (χ1v) is 14.3. The zero-order chi connectivity index (χ0) is 30.2. The van der Waals surface area contributed by atoms with Gasteiger partial charge < -0.3 is 15.7 Å². The number of nitrogens with one attached hydrogen (secondary N) is 2. The van der Waals surface area contributed by atoms with Crippen molar-refractivity contribution in [3.8, 4) is 0 Å². The number of carbonyl (C=O) groups excluding carboxylic acids is 2. The number of hydrogen-bond acceptors (Lipinski definition) is 5. The molecule has 42 heavy (non-hydrogen) atoms. The molecule has 3 N–H and O–H groups in total. The first-order valence-electron chi connectivity index (χ1n) is 13.5. The minimum Gasteiger partial charge on any atom is -0.393 e. The first kappa shape index (κ1) is 29.7. The van der Waals surface area contributed by atoms with E-state index in [1.165, 1.54) is 6.07 Å².